The molecule has 0 spiro atoms. The molecule has 1 aliphatic heterocycles. The van der Waals surface area contributed by atoms with E-state index in [0.29, 0.717) is 11.8 Å². The first-order valence-electron chi connectivity index (χ1n) is 5.63. The van der Waals surface area contributed by atoms with Crippen molar-refractivity contribution in [2.75, 3.05) is 20.1 Å². The molecule has 1 fully saturated rings. The van der Waals surface area contributed by atoms with Crippen molar-refractivity contribution in [3.05, 3.63) is 12.3 Å². The Morgan fingerprint density at radius 3 is 2.43 bits per heavy atom. The second-order valence-electron chi connectivity index (χ2n) is 5.09. The molecule has 0 aromatic carbocycles. The SMILES string of the molecule is C=C(N)C(CCC1CN(C)C1)C(C)C. The highest BCUT2D eigenvalue weighted by atomic mass is 15.2. The fourth-order valence-corrected chi connectivity index (χ4v) is 2.37. The third kappa shape index (κ3) is 3.02. The number of hydrogen-bond donors (Lipinski definition) is 1. The maximum absolute atomic E-state index is 5.81. The van der Waals surface area contributed by atoms with Gasteiger partial charge in [0.15, 0.2) is 0 Å². The van der Waals surface area contributed by atoms with E-state index in [1.807, 2.05) is 0 Å². The van der Waals surface area contributed by atoms with Gasteiger partial charge >= 0.3 is 0 Å². The molecule has 1 atom stereocenters. The summed E-state index contributed by atoms with van der Waals surface area (Å²) in [7, 11) is 2.18. The Hall–Kier alpha value is -0.500. The van der Waals surface area contributed by atoms with Crippen LogP contribution in [0.25, 0.3) is 0 Å². The van der Waals surface area contributed by atoms with E-state index in [-0.39, 0.29) is 0 Å². The van der Waals surface area contributed by atoms with Crippen LogP contribution in [0, 0.1) is 17.8 Å². The summed E-state index contributed by atoms with van der Waals surface area (Å²) in [6, 6.07) is 0. The van der Waals surface area contributed by atoms with Crippen LogP contribution in [0.2, 0.25) is 0 Å². The van der Waals surface area contributed by atoms with Gasteiger partial charge in [0.05, 0.1) is 0 Å². The highest BCUT2D eigenvalue weighted by molar-refractivity contribution is 4.96. The van der Waals surface area contributed by atoms with Gasteiger partial charge < -0.3 is 10.6 Å². The van der Waals surface area contributed by atoms with Gasteiger partial charge in [-0.2, -0.15) is 0 Å². The summed E-state index contributed by atoms with van der Waals surface area (Å²) in [6.45, 7) is 10.9. The van der Waals surface area contributed by atoms with Crippen LogP contribution in [0.4, 0.5) is 0 Å². The average Bonchev–Trinajstić information content (AvgIpc) is 1.99. The van der Waals surface area contributed by atoms with Gasteiger partial charge in [-0.15, -0.1) is 0 Å². The molecular weight excluding hydrogens is 172 g/mol. The van der Waals surface area contributed by atoms with Gasteiger partial charge in [0, 0.05) is 24.7 Å². The molecular formula is C12H24N2. The molecule has 1 heterocycles. The first-order valence-corrected chi connectivity index (χ1v) is 5.63. The number of nitrogens with zero attached hydrogens (tertiary/aromatic N) is 1. The molecule has 1 aliphatic rings. The summed E-state index contributed by atoms with van der Waals surface area (Å²) in [6.07, 6.45) is 2.52. The molecule has 0 saturated carbocycles. The topological polar surface area (TPSA) is 29.3 Å². The zero-order valence-electron chi connectivity index (χ0n) is 9.79. The second kappa shape index (κ2) is 4.83. The Bertz CT molecular complexity index is 192. The maximum atomic E-state index is 5.81. The Morgan fingerprint density at radius 1 is 1.50 bits per heavy atom. The summed E-state index contributed by atoms with van der Waals surface area (Å²) in [5, 5.41) is 0. The quantitative estimate of drug-likeness (QED) is 0.729. The molecule has 0 aliphatic carbocycles. The van der Waals surface area contributed by atoms with Gasteiger partial charge in [0.1, 0.15) is 0 Å². The summed E-state index contributed by atoms with van der Waals surface area (Å²) >= 11 is 0. The lowest BCUT2D eigenvalue weighted by Crippen LogP contribution is -2.43. The van der Waals surface area contributed by atoms with E-state index >= 15 is 0 Å². The minimum absolute atomic E-state index is 0.515. The number of likely N-dealkylation sites (tertiary alicyclic amines) is 1. The van der Waals surface area contributed by atoms with Crippen molar-refractivity contribution in [3.63, 3.8) is 0 Å². The molecule has 0 bridgehead atoms. The Balaban J connectivity index is 2.23. The van der Waals surface area contributed by atoms with E-state index in [0.717, 1.165) is 11.6 Å². The van der Waals surface area contributed by atoms with Crippen molar-refractivity contribution in [1.82, 2.24) is 4.90 Å². The zero-order valence-corrected chi connectivity index (χ0v) is 9.79. The van der Waals surface area contributed by atoms with Gasteiger partial charge in [0.2, 0.25) is 0 Å². The molecule has 0 radical (unpaired) electrons. The fraction of sp³-hybridized carbons (Fsp3) is 0.833. The number of allylic oxidation sites excluding steroid dienone is 1. The molecule has 0 amide bonds. The standard InChI is InChI=1S/C12H24N2/c1-9(2)12(10(3)13)6-5-11-7-14(4)8-11/h9,11-12H,3,5-8,13H2,1-2,4H3. The molecule has 2 heteroatoms. The van der Waals surface area contributed by atoms with Gasteiger partial charge in [-0.3, -0.25) is 0 Å². The predicted molar refractivity (Wildman–Crippen MR) is 61.9 cm³/mol. The minimum Gasteiger partial charge on any atom is -0.402 e. The average molecular weight is 196 g/mol. The normalized spacial score (nSPS) is 20.9. The lowest BCUT2D eigenvalue weighted by atomic mass is 9.84. The first-order chi connectivity index (χ1) is 6.50. The highest BCUT2D eigenvalue weighted by Crippen LogP contribution is 2.26. The van der Waals surface area contributed by atoms with Crippen LogP contribution < -0.4 is 5.73 Å². The summed E-state index contributed by atoms with van der Waals surface area (Å²) < 4.78 is 0. The van der Waals surface area contributed by atoms with Gasteiger partial charge in [0.25, 0.3) is 0 Å². The van der Waals surface area contributed by atoms with Crippen LogP contribution in [0.3, 0.4) is 0 Å². The Labute approximate surface area is 88.2 Å². The molecule has 82 valence electrons. The van der Waals surface area contributed by atoms with Crippen molar-refractivity contribution in [3.8, 4) is 0 Å². The summed E-state index contributed by atoms with van der Waals surface area (Å²) in [5.41, 5.74) is 6.67. The van der Waals surface area contributed by atoms with Gasteiger partial charge in [-0.25, -0.2) is 0 Å². The minimum atomic E-state index is 0.515. The zero-order chi connectivity index (χ0) is 10.7. The molecule has 1 unspecified atom stereocenters. The van der Waals surface area contributed by atoms with E-state index in [1.54, 1.807) is 0 Å². The highest BCUT2D eigenvalue weighted by Gasteiger charge is 2.24. The van der Waals surface area contributed by atoms with Crippen LogP contribution in [0.15, 0.2) is 12.3 Å². The number of rotatable bonds is 5. The fourth-order valence-electron chi connectivity index (χ4n) is 2.37. The Kier molecular flexibility index (Phi) is 3.99. The lowest BCUT2D eigenvalue weighted by molar-refractivity contribution is 0.119. The van der Waals surface area contributed by atoms with E-state index in [1.165, 1.54) is 25.9 Å². The molecule has 1 saturated heterocycles. The molecule has 2 N–H and O–H groups in total. The van der Waals surface area contributed by atoms with Crippen molar-refractivity contribution in [1.29, 1.82) is 0 Å². The largest absolute Gasteiger partial charge is 0.402 e. The van der Waals surface area contributed by atoms with Crippen LogP contribution in [0.5, 0.6) is 0 Å². The molecule has 14 heavy (non-hydrogen) atoms. The molecule has 0 aromatic heterocycles. The lowest BCUT2D eigenvalue weighted by Gasteiger charge is -2.37. The third-order valence-electron chi connectivity index (χ3n) is 3.31. The van der Waals surface area contributed by atoms with Gasteiger partial charge in [-0.1, -0.05) is 20.4 Å². The summed E-state index contributed by atoms with van der Waals surface area (Å²) in [5.74, 6) is 2.05. The molecule has 1 rings (SSSR count). The van der Waals surface area contributed by atoms with Crippen LogP contribution in [-0.2, 0) is 0 Å². The van der Waals surface area contributed by atoms with Crippen molar-refractivity contribution < 1.29 is 0 Å². The first kappa shape index (κ1) is 11.6. The van der Waals surface area contributed by atoms with E-state index in [2.05, 4.69) is 32.4 Å². The monoisotopic (exact) mass is 196 g/mol. The molecule has 0 aromatic rings. The molecule has 2 nitrogen and oxygen atoms in total. The van der Waals surface area contributed by atoms with E-state index in [4.69, 9.17) is 5.73 Å². The van der Waals surface area contributed by atoms with Crippen molar-refractivity contribution in [2.45, 2.75) is 26.7 Å². The predicted octanol–water partition coefficient (Wildman–Crippen LogP) is 2.07. The van der Waals surface area contributed by atoms with E-state index in [9.17, 15) is 0 Å². The number of hydrogen-bond acceptors (Lipinski definition) is 2. The van der Waals surface area contributed by atoms with Crippen molar-refractivity contribution in [2.24, 2.45) is 23.5 Å². The van der Waals surface area contributed by atoms with Crippen molar-refractivity contribution >= 4 is 0 Å². The number of nitrogens with two attached hydrogens (primary N) is 1. The van der Waals surface area contributed by atoms with Crippen LogP contribution in [-0.4, -0.2) is 25.0 Å². The van der Waals surface area contributed by atoms with Gasteiger partial charge in [-0.05, 0) is 31.7 Å². The Morgan fingerprint density at radius 2 is 2.07 bits per heavy atom. The van der Waals surface area contributed by atoms with Crippen LogP contribution in [0.1, 0.15) is 26.7 Å². The third-order valence-corrected chi connectivity index (χ3v) is 3.31. The van der Waals surface area contributed by atoms with Crippen LogP contribution >= 0.6 is 0 Å². The van der Waals surface area contributed by atoms with E-state index < -0.39 is 0 Å². The maximum Gasteiger partial charge on any atom is 0.00416 e. The smallest absolute Gasteiger partial charge is 0.00416 e. The second-order valence-corrected chi connectivity index (χ2v) is 5.09. The summed E-state index contributed by atoms with van der Waals surface area (Å²) in [4.78, 5) is 2.37.